The molecule has 2 saturated heterocycles. The third kappa shape index (κ3) is 4.75. The number of ether oxygens (including phenoxy) is 1. The zero-order chi connectivity index (χ0) is 18.6. The van der Waals surface area contributed by atoms with Gasteiger partial charge in [0.05, 0.1) is 7.11 Å². The van der Waals surface area contributed by atoms with Crippen molar-refractivity contribution in [2.24, 2.45) is 0 Å². The molecule has 1 aromatic carbocycles. The zero-order valence-electron chi connectivity index (χ0n) is 15.2. The number of benzene rings is 1. The van der Waals surface area contributed by atoms with Gasteiger partial charge in [-0.15, -0.1) is 0 Å². The van der Waals surface area contributed by atoms with E-state index in [0.717, 1.165) is 24.2 Å². The first-order valence-corrected chi connectivity index (χ1v) is 10.6. The lowest BCUT2D eigenvalue weighted by Crippen LogP contribution is -2.44. The number of carbonyl (C=O) groups excluding carboxylic acids is 1. The van der Waals surface area contributed by atoms with Crippen LogP contribution < -0.4 is 9.46 Å². The van der Waals surface area contributed by atoms with E-state index in [9.17, 15) is 13.2 Å². The van der Waals surface area contributed by atoms with E-state index in [4.69, 9.17) is 4.74 Å². The van der Waals surface area contributed by atoms with Crippen LogP contribution in [0.25, 0.3) is 0 Å². The van der Waals surface area contributed by atoms with Crippen molar-refractivity contribution in [3.05, 3.63) is 29.8 Å². The van der Waals surface area contributed by atoms with Crippen molar-refractivity contribution in [3.63, 3.8) is 0 Å². The van der Waals surface area contributed by atoms with E-state index in [1.165, 1.54) is 4.31 Å². The molecule has 7 nitrogen and oxygen atoms in total. The highest BCUT2D eigenvalue weighted by molar-refractivity contribution is 7.87. The van der Waals surface area contributed by atoms with Crippen LogP contribution in [0.2, 0.25) is 0 Å². The molecular formula is C18H27N3O4S. The van der Waals surface area contributed by atoms with Crippen molar-refractivity contribution in [2.45, 2.75) is 44.7 Å². The first-order chi connectivity index (χ1) is 12.5. The van der Waals surface area contributed by atoms with Gasteiger partial charge in [0, 0.05) is 38.6 Å². The first kappa shape index (κ1) is 19.1. The molecule has 1 N–H and O–H groups in total. The monoisotopic (exact) mass is 381 g/mol. The molecule has 0 radical (unpaired) electrons. The summed E-state index contributed by atoms with van der Waals surface area (Å²) < 4.78 is 34.4. The molecule has 26 heavy (non-hydrogen) atoms. The Hall–Kier alpha value is -1.64. The van der Waals surface area contributed by atoms with Crippen LogP contribution in [0.4, 0.5) is 0 Å². The fourth-order valence-corrected chi connectivity index (χ4v) is 5.07. The van der Waals surface area contributed by atoms with E-state index in [1.807, 2.05) is 24.3 Å². The molecule has 0 saturated carbocycles. The molecule has 0 aliphatic carbocycles. The number of hydrogen-bond donors (Lipinski definition) is 1. The molecular weight excluding hydrogens is 354 g/mol. The maximum absolute atomic E-state index is 12.4. The zero-order valence-corrected chi connectivity index (χ0v) is 16.0. The van der Waals surface area contributed by atoms with Crippen LogP contribution in [0.15, 0.2) is 24.3 Å². The van der Waals surface area contributed by atoms with Crippen LogP contribution in [-0.4, -0.2) is 56.3 Å². The Morgan fingerprint density at radius 2 is 1.96 bits per heavy atom. The van der Waals surface area contributed by atoms with Crippen molar-refractivity contribution in [3.8, 4) is 5.75 Å². The van der Waals surface area contributed by atoms with Gasteiger partial charge in [0.25, 0.3) is 10.2 Å². The second kappa shape index (κ2) is 8.37. The van der Waals surface area contributed by atoms with Gasteiger partial charge in [0.1, 0.15) is 5.75 Å². The largest absolute Gasteiger partial charge is 0.497 e. The second-order valence-electron chi connectivity index (χ2n) is 6.92. The molecule has 1 aromatic rings. The minimum absolute atomic E-state index is 0.0655. The Kier molecular flexibility index (Phi) is 6.16. The molecule has 144 valence electrons. The highest BCUT2D eigenvalue weighted by atomic mass is 32.2. The number of nitrogens with one attached hydrogen (secondary N) is 1. The molecule has 2 fully saturated rings. The van der Waals surface area contributed by atoms with Crippen LogP contribution in [0.1, 0.15) is 37.7 Å². The van der Waals surface area contributed by atoms with Crippen LogP contribution in [0, 0.1) is 0 Å². The number of likely N-dealkylation sites (tertiary alicyclic amines) is 1. The molecule has 1 unspecified atom stereocenters. The Labute approximate surface area is 155 Å². The lowest BCUT2D eigenvalue weighted by molar-refractivity contribution is -0.131. The van der Waals surface area contributed by atoms with E-state index in [1.54, 1.807) is 12.0 Å². The first-order valence-electron chi connectivity index (χ1n) is 9.16. The minimum Gasteiger partial charge on any atom is -0.497 e. The lowest BCUT2D eigenvalue weighted by atomic mass is 10.1. The number of hydrogen-bond acceptors (Lipinski definition) is 4. The Morgan fingerprint density at radius 1 is 1.19 bits per heavy atom. The van der Waals surface area contributed by atoms with Gasteiger partial charge in [0.2, 0.25) is 5.91 Å². The van der Waals surface area contributed by atoms with Gasteiger partial charge >= 0.3 is 0 Å². The van der Waals surface area contributed by atoms with Crippen molar-refractivity contribution >= 4 is 16.1 Å². The molecule has 2 heterocycles. The van der Waals surface area contributed by atoms with Gasteiger partial charge in [-0.05, 0) is 43.4 Å². The van der Waals surface area contributed by atoms with Gasteiger partial charge in [-0.3, -0.25) is 4.79 Å². The normalized spacial score (nSPS) is 22.4. The van der Waals surface area contributed by atoms with Crippen LogP contribution >= 0.6 is 0 Å². The van der Waals surface area contributed by atoms with Gasteiger partial charge in [-0.2, -0.15) is 17.4 Å². The van der Waals surface area contributed by atoms with Crippen molar-refractivity contribution < 1.29 is 17.9 Å². The molecule has 0 bridgehead atoms. The van der Waals surface area contributed by atoms with Crippen LogP contribution in [0.3, 0.4) is 0 Å². The minimum atomic E-state index is -3.44. The summed E-state index contributed by atoms with van der Waals surface area (Å²) in [6.07, 6.45) is 3.36. The summed E-state index contributed by atoms with van der Waals surface area (Å²) >= 11 is 0. The summed E-state index contributed by atoms with van der Waals surface area (Å²) in [5.74, 6) is 0.830. The number of rotatable bonds is 6. The third-order valence-electron chi connectivity index (χ3n) is 5.03. The summed E-state index contributed by atoms with van der Waals surface area (Å²) in [5.41, 5.74) is 1.01. The number of nitrogens with zero attached hydrogens (tertiary/aromatic N) is 2. The molecule has 0 aromatic heterocycles. The Balaban J connectivity index is 1.60. The predicted molar refractivity (Wildman–Crippen MR) is 98.9 cm³/mol. The SMILES string of the molecule is COc1cccc(CN2CCC(NS(=O)(=O)N3CCCC3)CCC2=O)c1. The van der Waals surface area contributed by atoms with Crippen molar-refractivity contribution in [2.75, 3.05) is 26.7 Å². The summed E-state index contributed by atoms with van der Waals surface area (Å²) in [6, 6.07) is 7.47. The number of carbonyl (C=O) groups is 1. The average Bonchev–Trinajstić information content (AvgIpc) is 3.13. The van der Waals surface area contributed by atoms with Crippen molar-refractivity contribution in [1.82, 2.24) is 13.9 Å². The smallest absolute Gasteiger partial charge is 0.279 e. The van der Waals surface area contributed by atoms with E-state index in [0.29, 0.717) is 45.4 Å². The van der Waals surface area contributed by atoms with Gasteiger partial charge in [-0.1, -0.05) is 12.1 Å². The van der Waals surface area contributed by atoms with E-state index in [-0.39, 0.29) is 11.9 Å². The Morgan fingerprint density at radius 3 is 2.69 bits per heavy atom. The molecule has 3 rings (SSSR count). The molecule has 0 spiro atoms. The summed E-state index contributed by atoms with van der Waals surface area (Å²) in [4.78, 5) is 14.3. The van der Waals surface area contributed by atoms with Crippen LogP contribution in [-0.2, 0) is 21.5 Å². The standard InChI is InChI=1S/C18H27N3O4S/c1-25-17-6-4-5-15(13-17)14-20-12-9-16(7-8-18(20)22)19-26(23,24)21-10-2-3-11-21/h4-6,13,16,19H,2-3,7-12,14H2,1H3. The second-order valence-corrected chi connectivity index (χ2v) is 8.62. The van der Waals surface area contributed by atoms with Crippen LogP contribution in [0.5, 0.6) is 5.75 Å². The highest BCUT2D eigenvalue weighted by Gasteiger charge is 2.30. The van der Waals surface area contributed by atoms with Gasteiger partial charge < -0.3 is 9.64 Å². The Bertz CT molecular complexity index is 732. The fourth-order valence-electron chi connectivity index (χ4n) is 3.53. The van der Waals surface area contributed by atoms with E-state index >= 15 is 0 Å². The highest BCUT2D eigenvalue weighted by Crippen LogP contribution is 2.20. The lowest BCUT2D eigenvalue weighted by Gasteiger charge is -2.23. The molecule has 2 aliphatic heterocycles. The summed E-state index contributed by atoms with van der Waals surface area (Å²) in [7, 11) is -1.82. The maximum atomic E-state index is 12.4. The van der Waals surface area contributed by atoms with E-state index in [2.05, 4.69) is 4.72 Å². The molecule has 1 amide bonds. The maximum Gasteiger partial charge on any atom is 0.279 e. The molecule has 1 atom stereocenters. The number of methoxy groups -OCH3 is 1. The predicted octanol–water partition coefficient (Wildman–Crippen LogP) is 1.51. The molecule has 2 aliphatic rings. The summed E-state index contributed by atoms with van der Waals surface area (Å²) in [6.45, 7) is 2.23. The fraction of sp³-hybridized carbons (Fsp3) is 0.611. The topological polar surface area (TPSA) is 79.0 Å². The number of amides is 1. The summed E-state index contributed by atoms with van der Waals surface area (Å²) in [5, 5.41) is 0. The van der Waals surface area contributed by atoms with Crippen molar-refractivity contribution in [1.29, 1.82) is 0 Å². The van der Waals surface area contributed by atoms with E-state index < -0.39 is 10.2 Å². The van der Waals surface area contributed by atoms with Gasteiger partial charge in [0.15, 0.2) is 0 Å². The van der Waals surface area contributed by atoms with Gasteiger partial charge in [-0.25, -0.2) is 0 Å². The quantitative estimate of drug-likeness (QED) is 0.810. The third-order valence-corrected chi connectivity index (χ3v) is 6.71. The average molecular weight is 381 g/mol. The molecule has 8 heteroatoms.